The van der Waals surface area contributed by atoms with Crippen LogP contribution in [0.4, 0.5) is 10.1 Å². The third kappa shape index (κ3) is 4.39. The number of hydrogen-bond donors (Lipinski definition) is 2. The SMILES string of the molecule is CCC(=O)NC[C@@H](c1ccco1)[NH+]1CCN(c2ccc(F)cc2)CC1. The highest BCUT2D eigenvalue weighted by molar-refractivity contribution is 5.75. The molecule has 1 aliphatic rings. The van der Waals surface area contributed by atoms with Gasteiger partial charge in [0.1, 0.15) is 5.82 Å². The Morgan fingerprint density at radius 3 is 2.60 bits per heavy atom. The molecule has 25 heavy (non-hydrogen) atoms. The fraction of sp³-hybridized carbons (Fsp3) is 0.421. The van der Waals surface area contributed by atoms with Gasteiger partial charge in [-0.15, -0.1) is 0 Å². The number of nitrogens with zero attached hydrogens (tertiary/aromatic N) is 1. The Kier molecular flexibility index (Phi) is 5.71. The molecule has 3 rings (SSSR count). The van der Waals surface area contributed by atoms with E-state index in [0.717, 1.165) is 37.6 Å². The van der Waals surface area contributed by atoms with Crippen LogP contribution in [0, 0.1) is 5.82 Å². The maximum absolute atomic E-state index is 13.1. The summed E-state index contributed by atoms with van der Waals surface area (Å²) in [5.41, 5.74) is 1.05. The second-order valence-electron chi connectivity index (χ2n) is 6.35. The minimum atomic E-state index is -0.211. The van der Waals surface area contributed by atoms with Crippen LogP contribution < -0.4 is 15.1 Å². The van der Waals surface area contributed by atoms with Crippen LogP contribution in [0.25, 0.3) is 0 Å². The fourth-order valence-electron chi connectivity index (χ4n) is 3.33. The number of carbonyl (C=O) groups is 1. The lowest BCUT2D eigenvalue weighted by atomic mass is 10.1. The Morgan fingerprint density at radius 1 is 1.28 bits per heavy atom. The average Bonchev–Trinajstić information content (AvgIpc) is 3.17. The standard InChI is InChI=1S/C19H24FN3O2/c1-2-19(24)21-14-17(18-4-3-13-25-18)23-11-9-22(10-12-23)16-7-5-15(20)6-8-16/h3-8,13,17H,2,9-12,14H2,1H3,(H,21,24)/p+1/t17-/m0/s1. The van der Waals surface area contributed by atoms with E-state index in [1.165, 1.54) is 17.0 Å². The normalized spacial score (nSPS) is 16.6. The summed E-state index contributed by atoms with van der Waals surface area (Å²) in [5, 5.41) is 2.99. The van der Waals surface area contributed by atoms with Crippen LogP contribution in [-0.4, -0.2) is 38.6 Å². The van der Waals surface area contributed by atoms with E-state index in [-0.39, 0.29) is 17.8 Å². The van der Waals surface area contributed by atoms with Crippen LogP contribution in [0.1, 0.15) is 25.1 Å². The summed E-state index contributed by atoms with van der Waals surface area (Å²) in [7, 11) is 0. The second kappa shape index (κ2) is 8.16. The third-order valence-electron chi connectivity index (χ3n) is 4.80. The van der Waals surface area contributed by atoms with Gasteiger partial charge in [0.2, 0.25) is 5.91 Å². The highest BCUT2D eigenvalue weighted by atomic mass is 19.1. The van der Waals surface area contributed by atoms with Gasteiger partial charge in [-0.1, -0.05) is 6.92 Å². The molecule has 134 valence electrons. The minimum Gasteiger partial charge on any atom is -0.463 e. The first-order chi connectivity index (χ1) is 12.2. The lowest BCUT2D eigenvalue weighted by molar-refractivity contribution is -0.932. The van der Waals surface area contributed by atoms with Crippen molar-refractivity contribution < 1.29 is 18.5 Å². The molecule has 0 unspecified atom stereocenters. The van der Waals surface area contributed by atoms with Crippen molar-refractivity contribution in [3.63, 3.8) is 0 Å². The largest absolute Gasteiger partial charge is 0.463 e. The predicted molar refractivity (Wildman–Crippen MR) is 94.1 cm³/mol. The number of benzene rings is 1. The van der Waals surface area contributed by atoms with E-state index in [1.807, 2.05) is 31.2 Å². The zero-order chi connectivity index (χ0) is 17.6. The highest BCUT2D eigenvalue weighted by Crippen LogP contribution is 2.16. The third-order valence-corrected chi connectivity index (χ3v) is 4.80. The number of carbonyl (C=O) groups excluding carboxylic acids is 1. The quantitative estimate of drug-likeness (QED) is 0.831. The Balaban J connectivity index is 1.63. The van der Waals surface area contributed by atoms with Crippen molar-refractivity contribution in [1.82, 2.24) is 5.32 Å². The van der Waals surface area contributed by atoms with Gasteiger partial charge in [-0.3, -0.25) is 4.79 Å². The summed E-state index contributed by atoms with van der Waals surface area (Å²) in [6, 6.07) is 10.6. The minimum absolute atomic E-state index is 0.0564. The first-order valence-electron chi connectivity index (χ1n) is 8.82. The number of halogens is 1. The molecule has 0 aliphatic carbocycles. The van der Waals surface area contributed by atoms with Crippen LogP contribution in [0.15, 0.2) is 47.1 Å². The summed E-state index contributed by atoms with van der Waals surface area (Å²) < 4.78 is 18.7. The van der Waals surface area contributed by atoms with Gasteiger partial charge in [-0.05, 0) is 36.4 Å². The molecule has 1 saturated heterocycles. The molecule has 2 aromatic rings. The molecule has 1 atom stereocenters. The number of piperazine rings is 1. The molecule has 1 fully saturated rings. The number of hydrogen-bond acceptors (Lipinski definition) is 3. The van der Waals surface area contributed by atoms with Crippen LogP contribution in [-0.2, 0) is 4.79 Å². The van der Waals surface area contributed by atoms with Crippen molar-refractivity contribution >= 4 is 11.6 Å². The van der Waals surface area contributed by atoms with E-state index in [2.05, 4.69) is 10.2 Å². The Bertz CT molecular complexity index is 664. The van der Waals surface area contributed by atoms with Crippen molar-refractivity contribution in [2.75, 3.05) is 37.6 Å². The van der Waals surface area contributed by atoms with Crippen LogP contribution in [0.5, 0.6) is 0 Å². The number of amides is 1. The summed E-state index contributed by atoms with van der Waals surface area (Å²) in [6.45, 7) is 6.08. The van der Waals surface area contributed by atoms with Gasteiger partial charge < -0.3 is 19.5 Å². The monoisotopic (exact) mass is 346 g/mol. The Morgan fingerprint density at radius 2 is 2.00 bits per heavy atom. The molecule has 1 aromatic carbocycles. The molecule has 0 spiro atoms. The summed E-state index contributed by atoms with van der Waals surface area (Å²) in [6.07, 6.45) is 2.16. The van der Waals surface area contributed by atoms with Gasteiger partial charge in [0.15, 0.2) is 11.8 Å². The summed E-state index contributed by atoms with van der Waals surface area (Å²) in [5.74, 6) is 0.750. The van der Waals surface area contributed by atoms with Gasteiger partial charge in [-0.2, -0.15) is 0 Å². The zero-order valence-corrected chi connectivity index (χ0v) is 14.5. The van der Waals surface area contributed by atoms with Crippen molar-refractivity contribution in [3.05, 3.63) is 54.2 Å². The highest BCUT2D eigenvalue weighted by Gasteiger charge is 2.30. The molecular formula is C19H25FN3O2+. The predicted octanol–water partition coefficient (Wildman–Crippen LogP) is 1.39. The van der Waals surface area contributed by atoms with Gasteiger partial charge in [0, 0.05) is 12.1 Å². The van der Waals surface area contributed by atoms with Crippen molar-refractivity contribution in [2.24, 2.45) is 0 Å². The van der Waals surface area contributed by atoms with Gasteiger partial charge in [0.05, 0.1) is 39.0 Å². The van der Waals surface area contributed by atoms with E-state index >= 15 is 0 Å². The van der Waals surface area contributed by atoms with Crippen molar-refractivity contribution in [3.8, 4) is 0 Å². The Hall–Kier alpha value is -2.34. The maximum Gasteiger partial charge on any atom is 0.219 e. The van der Waals surface area contributed by atoms with Crippen molar-refractivity contribution in [2.45, 2.75) is 19.4 Å². The van der Waals surface area contributed by atoms with Crippen molar-refractivity contribution in [1.29, 1.82) is 0 Å². The van der Waals surface area contributed by atoms with E-state index in [0.29, 0.717) is 13.0 Å². The summed E-state index contributed by atoms with van der Waals surface area (Å²) in [4.78, 5) is 15.3. The molecule has 6 heteroatoms. The molecular weight excluding hydrogens is 321 g/mol. The maximum atomic E-state index is 13.1. The molecule has 0 bridgehead atoms. The average molecular weight is 346 g/mol. The van der Waals surface area contributed by atoms with Crippen LogP contribution in [0.3, 0.4) is 0 Å². The number of anilines is 1. The Labute approximate surface area is 147 Å². The topological polar surface area (TPSA) is 49.9 Å². The number of rotatable bonds is 6. The first kappa shape index (κ1) is 17.5. The molecule has 1 aromatic heterocycles. The molecule has 1 amide bonds. The van der Waals surface area contributed by atoms with E-state index in [9.17, 15) is 9.18 Å². The molecule has 5 nitrogen and oxygen atoms in total. The zero-order valence-electron chi connectivity index (χ0n) is 14.5. The lowest BCUT2D eigenvalue weighted by Gasteiger charge is -2.37. The first-order valence-corrected chi connectivity index (χ1v) is 8.82. The fourth-order valence-corrected chi connectivity index (χ4v) is 3.33. The molecule has 2 heterocycles. The number of furan rings is 1. The van der Waals surface area contributed by atoms with E-state index in [1.54, 1.807) is 6.26 Å². The number of quaternary nitrogens is 1. The second-order valence-corrected chi connectivity index (χ2v) is 6.35. The molecule has 2 N–H and O–H groups in total. The molecule has 0 radical (unpaired) electrons. The molecule has 0 saturated carbocycles. The lowest BCUT2D eigenvalue weighted by Crippen LogP contribution is -3.15. The molecule has 1 aliphatic heterocycles. The van der Waals surface area contributed by atoms with Crippen LogP contribution >= 0.6 is 0 Å². The van der Waals surface area contributed by atoms with E-state index < -0.39 is 0 Å². The summed E-state index contributed by atoms with van der Waals surface area (Å²) >= 11 is 0. The van der Waals surface area contributed by atoms with Gasteiger partial charge >= 0.3 is 0 Å². The van der Waals surface area contributed by atoms with E-state index in [4.69, 9.17) is 4.42 Å². The van der Waals surface area contributed by atoms with Crippen LogP contribution in [0.2, 0.25) is 0 Å². The smallest absolute Gasteiger partial charge is 0.219 e. The number of nitrogens with one attached hydrogen (secondary N) is 2. The van der Waals surface area contributed by atoms with Gasteiger partial charge in [0.25, 0.3) is 0 Å². The van der Waals surface area contributed by atoms with Gasteiger partial charge in [-0.25, -0.2) is 4.39 Å².